The van der Waals surface area contributed by atoms with Crippen LogP contribution in [-0.2, 0) is 7.05 Å². The van der Waals surface area contributed by atoms with Gasteiger partial charge in [-0.15, -0.1) is 5.10 Å². The Hall–Kier alpha value is -2.97. The Balaban J connectivity index is 2.07. The number of carbonyl (C=O) groups is 2. The molecule has 1 atom stereocenters. The van der Waals surface area contributed by atoms with Crippen LogP contribution in [0.2, 0.25) is 0 Å². The maximum atomic E-state index is 12.2. The average Bonchev–Trinajstić information content (AvgIpc) is 2.95. The standard InChI is InChI=1S/C15H21N7O2/c1-5-16-14(23)11-7-6-9(2)12(8-11)18-15(24)17-10(3)13-19-20-21-22(13)4/h6-8,10H,5H2,1-4H3,(H,16,23)(H2,17,18,24)/t10-/m0/s1. The molecular weight excluding hydrogens is 310 g/mol. The zero-order valence-corrected chi connectivity index (χ0v) is 14.1. The van der Waals surface area contributed by atoms with Crippen molar-refractivity contribution in [2.75, 3.05) is 11.9 Å². The zero-order valence-electron chi connectivity index (χ0n) is 14.1. The predicted octanol–water partition coefficient (Wildman–Crippen LogP) is 1.15. The normalized spacial score (nSPS) is 11.7. The van der Waals surface area contributed by atoms with Crippen LogP contribution in [0.1, 0.15) is 41.6 Å². The molecule has 0 aliphatic carbocycles. The highest BCUT2D eigenvalue weighted by atomic mass is 16.2. The summed E-state index contributed by atoms with van der Waals surface area (Å²) in [4.78, 5) is 24.1. The van der Waals surface area contributed by atoms with E-state index in [2.05, 4.69) is 31.5 Å². The topological polar surface area (TPSA) is 114 Å². The Morgan fingerprint density at radius 3 is 2.71 bits per heavy atom. The van der Waals surface area contributed by atoms with Crippen molar-refractivity contribution < 1.29 is 9.59 Å². The Labute approximate surface area is 139 Å². The number of urea groups is 1. The van der Waals surface area contributed by atoms with Gasteiger partial charge >= 0.3 is 6.03 Å². The third-order valence-corrected chi connectivity index (χ3v) is 3.47. The van der Waals surface area contributed by atoms with Gasteiger partial charge < -0.3 is 16.0 Å². The van der Waals surface area contributed by atoms with Gasteiger partial charge in [-0.3, -0.25) is 4.79 Å². The molecule has 3 N–H and O–H groups in total. The minimum atomic E-state index is -0.401. The van der Waals surface area contributed by atoms with Gasteiger partial charge in [0.15, 0.2) is 5.82 Å². The van der Waals surface area contributed by atoms with E-state index in [1.165, 1.54) is 4.68 Å². The number of nitrogens with one attached hydrogen (secondary N) is 3. The van der Waals surface area contributed by atoms with Crippen molar-refractivity contribution in [1.82, 2.24) is 30.8 Å². The highest BCUT2D eigenvalue weighted by molar-refractivity contribution is 5.97. The van der Waals surface area contributed by atoms with E-state index in [9.17, 15) is 9.59 Å². The number of amides is 3. The quantitative estimate of drug-likeness (QED) is 0.760. The van der Waals surface area contributed by atoms with Gasteiger partial charge in [0, 0.05) is 24.8 Å². The van der Waals surface area contributed by atoms with E-state index in [1.807, 2.05) is 13.8 Å². The number of benzene rings is 1. The van der Waals surface area contributed by atoms with Gasteiger partial charge in [-0.25, -0.2) is 9.48 Å². The molecule has 3 amide bonds. The molecular formula is C15H21N7O2. The summed E-state index contributed by atoms with van der Waals surface area (Å²) in [6.07, 6.45) is 0. The van der Waals surface area contributed by atoms with E-state index >= 15 is 0 Å². The average molecular weight is 331 g/mol. The van der Waals surface area contributed by atoms with E-state index in [0.717, 1.165) is 5.56 Å². The zero-order chi connectivity index (χ0) is 17.7. The number of aryl methyl sites for hydroxylation is 2. The molecule has 24 heavy (non-hydrogen) atoms. The first-order chi connectivity index (χ1) is 11.4. The SMILES string of the molecule is CCNC(=O)c1ccc(C)c(NC(=O)N[C@@H](C)c2nnnn2C)c1. The lowest BCUT2D eigenvalue weighted by atomic mass is 10.1. The van der Waals surface area contributed by atoms with Crippen molar-refractivity contribution in [2.45, 2.75) is 26.8 Å². The summed E-state index contributed by atoms with van der Waals surface area (Å²) in [7, 11) is 1.70. The molecule has 9 nitrogen and oxygen atoms in total. The molecule has 0 unspecified atom stereocenters. The lowest BCUT2D eigenvalue weighted by Crippen LogP contribution is -2.33. The molecule has 9 heteroatoms. The summed E-state index contributed by atoms with van der Waals surface area (Å²) in [6.45, 7) is 6.02. The summed E-state index contributed by atoms with van der Waals surface area (Å²) in [5.74, 6) is 0.359. The number of hydrogen-bond acceptors (Lipinski definition) is 5. The number of hydrogen-bond donors (Lipinski definition) is 3. The van der Waals surface area contributed by atoms with Crippen molar-refractivity contribution in [1.29, 1.82) is 0 Å². The summed E-state index contributed by atoms with van der Waals surface area (Å²) in [5.41, 5.74) is 1.91. The molecule has 0 spiro atoms. The summed E-state index contributed by atoms with van der Waals surface area (Å²) in [5, 5.41) is 19.4. The van der Waals surface area contributed by atoms with Crippen molar-refractivity contribution in [3.8, 4) is 0 Å². The molecule has 2 aromatic rings. The number of nitrogens with zero attached hydrogens (tertiary/aromatic N) is 4. The Kier molecular flexibility index (Phi) is 5.46. The molecule has 0 fully saturated rings. The lowest BCUT2D eigenvalue weighted by Gasteiger charge is -2.15. The van der Waals surface area contributed by atoms with Crippen LogP contribution in [0.5, 0.6) is 0 Å². The van der Waals surface area contributed by atoms with Crippen LogP contribution in [0.4, 0.5) is 10.5 Å². The smallest absolute Gasteiger partial charge is 0.319 e. The van der Waals surface area contributed by atoms with Crippen LogP contribution in [0, 0.1) is 6.92 Å². The third-order valence-electron chi connectivity index (χ3n) is 3.47. The van der Waals surface area contributed by atoms with Gasteiger partial charge in [0.2, 0.25) is 0 Å². The van der Waals surface area contributed by atoms with Crippen LogP contribution in [0.15, 0.2) is 18.2 Å². The maximum absolute atomic E-state index is 12.2. The van der Waals surface area contributed by atoms with Gasteiger partial charge in [-0.2, -0.15) is 0 Å². The van der Waals surface area contributed by atoms with Gasteiger partial charge in [-0.05, 0) is 48.9 Å². The van der Waals surface area contributed by atoms with E-state index in [-0.39, 0.29) is 11.9 Å². The van der Waals surface area contributed by atoms with Crippen molar-refractivity contribution >= 4 is 17.6 Å². The predicted molar refractivity (Wildman–Crippen MR) is 88.6 cm³/mol. The van der Waals surface area contributed by atoms with Gasteiger partial charge in [-0.1, -0.05) is 6.07 Å². The third kappa shape index (κ3) is 4.06. The van der Waals surface area contributed by atoms with Crippen LogP contribution in [-0.4, -0.2) is 38.7 Å². The second-order valence-corrected chi connectivity index (χ2v) is 5.37. The van der Waals surface area contributed by atoms with E-state index in [4.69, 9.17) is 0 Å². The fraction of sp³-hybridized carbons (Fsp3) is 0.400. The van der Waals surface area contributed by atoms with Crippen LogP contribution in [0.3, 0.4) is 0 Å². The van der Waals surface area contributed by atoms with Gasteiger partial charge in [0.25, 0.3) is 5.91 Å². The minimum Gasteiger partial charge on any atom is -0.352 e. The Morgan fingerprint density at radius 2 is 2.08 bits per heavy atom. The molecule has 0 saturated carbocycles. The Morgan fingerprint density at radius 1 is 1.33 bits per heavy atom. The lowest BCUT2D eigenvalue weighted by molar-refractivity contribution is 0.0956. The summed E-state index contributed by atoms with van der Waals surface area (Å²) < 4.78 is 1.49. The molecule has 0 bridgehead atoms. The summed E-state index contributed by atoms with van der Waals surface area (Å²) in [6, 6.07) is 4.39. The van der Waals surface area contributed by atoms with Crippen LogP contribution in [0.25, 0.3) is 0 Å². The fourth-order valence-corrected chi connectivity index (χ4v) is 2.18. The van der Waals surface area contributed by atoms with E-state index in [1.54, 1.807) is 32.2 Å². The highest BCUT2D eigenvalue weighted by Gasteiger charge is 2.16. The second-order valence-electron chi connectivity index (χ2n) is 5.37. The van der Waals surface area contributed by atoms with E-state index < -0.39 is 6.03 Å². The Bertz CT molecular complexity index is 741. The second kappa shape index (κ2) is 7.53. The largest absolute Gasteiger partial charge is 0.352 e. The molecule has 1 heterocycles. The fourth-order valence-electron chi connectivity index (χ4n) is 2.18. The first kappa shape index (κ1) is 17.4. The van der Waals surface area contributed by atoms with Crippen LogP contribution < -0.4 is 16.0 Å². The molecule has 128 valence electrons. The van der Waals surface area contributed by atoms with Crippen molar-refractivity contribution in [2.24, 2.45) is 7.05 Å². The first-order valence-electron chi connectivity index (χ1n) is 7.61. The van der Waals surface area contributed by atoms with Gasteiger partial charge in [0.05, 0.1) is 6.04 Å². The molecule has 0 aliphatic heterocycles. The van der Waals surface area contributed by atoms with Gasteiger partial charge in [0.1, 0.15) is 0 Å². The minimum absolute atomic E-state index is 0.181. The molecule has 1 aromatic carbocycles. The maximum Gasteiger partial charge on any atom is 0.319 e. The molecule has 0 radical (unpaired) electrons. The molecule has 0 aliphatic rings. The number of anilines is 1. The highest BCUT2D eigenvalue weighted by Crippen LogP contribution is 2.17. The number of aromatic nitrogens is 4. The van der Waals surface area contributed by atoms with E-state index in [0.29, 0.717) is 23.6 Å². The summed E-state index contributed by atoms with van der Waals surface area (Å²) >= 11 is 0. The number of rotatable bonds is 5. The number of tetrazole rings is 1. The van der Waals surface area contributed by atoms with Crippen molar-refractivity contribution in [3.05, 3.63) is 35.2 Å². The molecule has 2 rings (SSSR count). The first-order valence-corrected chi connectivity index (χ1v) is 7.61. The molecule has 1 aromatic heterocycles. The van der Waals surface area contributed by atoms with Crippen LogP contribution >= 0.6 is 0 Å². The number of carbonyl (C=O) groups excluding carboxylic acids is 2. The monoisotopic (exact) mass is 331 g/mol. The van der Waals surface area contributed by atoms with Crippen molar-refractivity contribution in [3.63, 3.8) is 0 Å². The molecule has 0 saturated heterocycles.